The highest BCUT2D eigenvalue weighted by Crippen LogP contribution is 1.97. The van der Waals surface area contributed by atoms with E-state index in [4.69, 9.17) is 4.74 Å². The molecule has 90 valence electrons. The molecule has 0 aliphatic carbocycles. The largest absolute Gasteiger partial charge is 0.379 e. The molecule has 0 unspecified atom stereocenters. The van der Waals surface area contributed by atoms with Gasteiger partial charge in [-0.15, -0.1) is 0 Å². The number of aromatic nitrogens is 2. The van der Waals surface area contributed by atoms with E-state index in [-0.39, 0.29) is 5.56 Å². The van der Waals surface area contributed by atoms with Crippen LogP contribution in [0, 0.1) is 12.8 Å². The monoisotopic (exact) mass is 225 g/mol. The van der Waals surface area contributed by atoms with Crippen LogP contribution >= 0.6 is 0 Å². The average molecular weight is 225 g/mol. The molecule has 1 rings (SSSR count). The molecule has 1 heterocycles. The molecule has 2 N–H and O–H groups in total. The maximum absolute atomic E-state index is 11.1. The van der Waals surface area contributed by atoms with Gasteiger partial charge in [0.15, 0.2) is 0 Å². The minimum absolute atomic E-state index is 0.141. The number of anilines is 1. The van der Waals surface area contributed by atoms with E-state index in [0.29, 0.717) is 30.7 Å². The topological polar surface area (TPSA) is 67.0 Å². The maximum Gasteiger partial charge on any atom is 0.252 e. The molecule has 0 aliphatic rings. The van der Waals surface area contributed by atoms with Crippen molar-refractivity contribution in [3.05, 3.63) is 22.2 Å². The highest BCUT2D eigenvalue weighted by molar-refractivity contribution is 5.32. The molecule has 0 bridgehead atoms. The lowest BCUT2D eigenvalue weighted by Gasteiger charge is -2.08. The molecule has 0 saturated carbocycles. The number of hydrogen-bond donors (Lipinski definition) is 2. The lowest BCUT2D eigenvalue weighted by Crippen LogP contribution is -2.16. The molecule has 0 spiro atoms. The Balaban J connectivity index is 2.29. The maximum atomic E-state index is 11.1. The molecule has 0 aromatic carbocycles. The van der Waals surface area contributed by atoms with Crippen LogP contribution in [0.1, 0.15) is 19.7 Å². The minimum Gasteiger partial charge on any atom is -0.379 e. The summed E-state index contributed by atoms with van der Waals surface area (Å²) in [7, 11) is 0. The Morgan fingerprint density at radius 3 is 2.94 bits per heavy atom. The smallest absolute Gasteiger partial charge is 0.252 e. The molecule has 0 aliphatic heterocycles. The van der Waals surface area contributed by atoms with Crippen molar-refractivity contribution in [1.82, 2.24) is 9.97 Å². The van der Waals surface area contributed by atoms with Gasteiger partial charge < -0.3 is 15.0 Å². The number of aromatic amines is 1. The van der Waals surface area contributed by atoms with Gasteiger partial charge in [-0.3, -0.25) is 4.79 Å². The van der Waals surface area contributed by atoms with Gasteiger partial charge in [0.2, 0.25) is 0 Å². The summed E-state index contributed by atoms with van der Waals surface area (Å²) in [5.41, 5.74) is -0.141. The number of nitrogens with zero attached hydrogens (tertiary/aromatic N) is 1. The fraction of sp³-hybridized carbons (Fsp3) is 0.636. The van der Waals surface area contributed by atoms with E-state index >= 15 is 0 Å². The van der Waals surface area contributed by atoms with Crippen molar-refractivity contribution in [2.24, 2.45) is 5.92 Å². The van der Waals surface area contributed by atoms with E-state index in [9.17, 15) is 4.79 Å². The van der Waals surface area contributed by atoms with Crippen LogP contribution in [0.5, 0.6) is 0 Å². The van der Waals surface area contributed by atoms with Crippen LogP contribution in [0.3, 0.4) is 0 Å². The van der Waals surface area contributed by atoms with Crippen molar-refractivity contribution in [2.45, 2.75) is 20.8 Å². The summed E-state index contributed by atoms with van der Waals surface area (Å²) in [4.78, 5) is 17.9. The van der Waals surface area contributed by atoms with E-state index < -0.39 is 0 Å². The van der Waals surface area contributed by atoms with E-state index in [1.54, 1.807) is 6.92 Å². The number of H-pyrrole nitrogens is 1. The third-order valence-corrected chi connectivity index (χ3v) is 1.86. The highest BCUT2D eigenvalue weighted by atomic mass is 16.5. The van der Waals surface area contributed by atoms with Crippen molar-refractivity contribution in [1.29, 1.82) is 0 Å². The SMILES string of the molecule is Cc1nc(NCCOCC(C)C)cc(=O)[nH]1. The van der Waals surface area contributed by atoms with Crippen LogP contribution < -0.4 is 10.9 Å². The predicted molar refractivity (Wildman–Crippen MR) is 63.7 cm³/mol. The van der Waals surface area contributed by atoms with E-state index in [1.165, 1.54) is 6.07 Å². The molecule has 5 nitrogen and oxygen atoms in total. The fourth-order valence-electron chi connectivity index (χ4n) is 1.24. The predicted octanol–water partition coefficient (Wildman–Crippen LogP) is 1.16. The Hall–Kier alpha value is -1.36. The quantitative estimate of drug-likeness (QED) is 0.713. The Labute approximate surface area is 95.3 Å². The van der Waals surface area contributed by atoms with Crippen LogP contribution in [0.4, 0.5) is 5.82 Å². The Kier molecular flexibility index (Phi) is 4.98. The van der Waals surface area contributed by atoms with Gasteiger partial charge in [-0.25, -0.2) is 4.98 Å². The minimum atomic E-state index is -0.141. The highest BCUT2D eigenvalue weighted by Gasteiger charge is 1.97. The molecule has 0 saturated heterocycles. The summed E-state index contributed by atoms with van der Waals surface area (Å²) in [6, 6.07) is 1.44. The number of nitrogens with one attached hydrogen (secondary N) is 2. The molecule has 0 amide bonds. The summed E-state index contributed by atoms with van der Waals surface area (Å²) >= 11 is 0. The van der Waals surface area contributed by atoms with Gasteiger partial charge in [0.05, 0.1) is 6.61 Å². The van der Waals surface area contributed by atoms with Gasteiger partial charge in [-0.1, -0.05) is 13.8 Å². The van der Waals surface area contributed by atoms with Crippen molar-refractivity contribution in [3.63, 3.8) is 0 Å². The van der Waals surface area contributed by atoms with E-state index in [1.807, 2.05) is 0 Å². The van der Waals surface area contributed by atoms with Gasteiger partial charge in [-0.05, 0) is 12.8 Å². The zero-order chi connectivity index (χ0) is 12.0. The lowest BCUT2D eigenvalue weighted by atomic mass is 10.2. The van der Waals surface area contributed by atoms with Crippen molar-refractivity contribution >= 4 is 5.82 Å². The number of aryl methyl sites for hydroxylation is 1. The van der Waals surface area contributed by atoms with Crippen molar-refractivity contribution in [3.8, 4) is 0 Å². The van der Waals surface area contributed by atoms with Gasteiger partial charge in [-0.2, -0.15) is 0 Å². The number of hydrogen-bond acceptors (Lipinski definition) is 4. The second-order valence-electron chi connectivity index (χ2n) is 4.11. The molecular formula is C11H19N3O2. The van der Waals surface area contributed by atoms with E-state index in [0.717, 1.165) is 6.61 Å². The van der Waals surface area contributed by atoms with Crippen LogP contribution in [0.15, 0.2) is 10.9 Å². The fourth-order valence-corrected chi connectivity index (χ4v) is 1.24. The first-order valence-corrected chi connectivity index (χ1v) is 5.47. The molecule has 1 aromatic rings. The zero-order valence-corrected chi connectivity index (χ0v) is 10.0. The molecule has 16 heavy (non-hydrogen) atoms. The summed E-state index contributed by atoms with van der Waals surface area (Å²) in [6.07, 6.45) is 0. The summed E-state index contributed by atoms with van der Waals surface area (Å²) < 4.78 is 5.40. The van der Waals surface area contributed by atoms with Crippen molar-refractivity contribution in [2.75, 3.05) is 25.1 Å². The Bertz CT molecular complexity index is 374. The second kappa shape index (κ2) is 6.27. The molecule has 5 heteroatoms. The summed E-state index contributed by atoms with van der Waals surface area (Å²) in [6.45, 7) is 7.99. The first kappa shape index (κ1) is 12.7. The van der Waals surface area contributed by atoms with Gasteiger partial charge >= 0.3 is 0 Å². The Morgan fingerprint density at radius 2 is 2.31 bits per heavy atom. The zero-order valence-electron chi connectivity index (χ0n) is 10.0. The molecule has 1 aromatic heterocycles. The molecular weight excluding hydrogens is 206 g/mol. The Morgan fingerprint density at radius 1 is 1.56 bits per heavy atom. The third kappa shape index (κ3) is 4.93. The van der Waals surface area contributed by atoms with Crippen LogP contribution in [0.25, 0.3) is 0 Å². The number of ether oxygens (including phenoxy) is 1. The standard InChI is InChI=1S/C11H19N3O2/c1-8(2)7-16-5-4-12-10-6-11(15)14-9(3)13-10/h6,8H,4-5,7H2,1-3H3,(H2,12,13,14,15). The summed E-state index contributed by atoms with van der Waals surface area (Å²) in [5.74, 6) is 1.74. The molecule has 0 fully saturated rings. The van der Waals surface area contributed by atoms with Crippen LogP contribution in [-0.4, -0.2) is 29.7 Å². The van der Waals surface area contributed by atoms with Gasteiger partial charge in [0.25, 0.3) is 5.56 Å². The molecule has 0 atom stereocenters. The van der Waals surface area contributed by atoms with E-state index in [2.05, 4.69) is 29.1 Å². The lowest BCUT2D eigenvalue weighted by molar-refractivity contribution is 0.118. The van der Waals surface area contributed by atoms with Crippen LogP contribution in [0.2, 0.25) is 0 Å². The number of rotatable bonds is 6. The van der Waals surface area contributed by atoms with Crippen LogP contribution in [-0.2, 0) is 4.74 Å². The molecule has 0 radical (unpaired) electrons. The van der Waals surface area contributed by atoms with Gasteiger partial charge in [0, 0.05) is 19.2 Å². The first-order valence-electron chi connectivity index (χ1n) is 5.47. The van der Waals surface area contributed by atoms with Gasteiger partial charge in [0.1, 0.15) is 11.6 Å². The normalized spacial score (nSPS) is 10.8. The second-order valence-corrected chi connectivity index (χ2v) is 4.11. The third-order valence-electron chi connectivity index (χ3n) is 1.86. The average Bonchev–Trinajstić information content (AvgIpc) is 2.15. The first-order chi connectivity index (χ1) is 7.58. The van der Waals surface area contributed by atoms with Crippen molar-refractivity contribution < 1.29 is 4.74 Å². The summed E-state index contributed by atoms with van der Waals surface area (Å²) in [5, 5.41) is 3.04.